The maximum Gasteiger partial charge on any atom is 0.194 e. The lowest BCUT2D eigenvalue weighted by atomic mass is 10.1. The Balaban J connectivity index is 0.00000364. The molecule has 1 aliphatic rings. The van der Waals surface area contributed by atoms with Crippen LogP contribution in [0.4, 0.5) is 4.39 Å². The van der Waals surface area contributed by atoms with E-state index in [-0.39, 0.29) is 36.3 Å². The number of aliphatic hydroxyl groups excluding tert-OH is 1. The molecule has 2 N–H and O–H groups in total. The van der Waals surface area contributed by atoms with E-state index < -0.39 is 6.10 Å². The van der Waals surface area contributed by atoms with E-state index in [0.717, 1.165) is 51.6 Å². The van der Waals surface area contributed by atoms with Crippen LogP contribution >= 0.6 is 24.0 Å². The van der Waals surface area contributed by atoms with Gasteiger partial charge in [-0.05, 0) is 38.4 Å². The van der Waals surface area contributed by atoms with Crippen LogP contribution in [-0.4, -0.2) is 66.7 Å². The van der Waals surface area contributed by atoms with Crippen LogP contribution < -0.4 is 5.32 Å². The van der Waals surface area contributed by atoms with E-state index in [1.165, 1.54) is 6.07 Å². The molecule has 2 unspecified atom stereocenters. The first-order valence-corrected chi connectivity index (χ1v) is 9.77. The fourth-order valence-corrected chi connectivity index (χ4v) is 3.46. The molecule has 1 heterocycles. The molecular weight excluding hydrogens is 458 g/mol. The first-order valence-electron chi connectivity index (χ1n) is 9.77. The summed E-state index contributed by atoms with van der Waals surface area (Å²) in [5.74, 6) is 1.06. The van der Waals surface area contributed by atoms with Crippen molar-refractivity contribution in [2.75, 3.05) is 45.8 Å². The highest BCUT2D eigenvalue weighted by atomic mass is 127. The van der Waals surface area contributed by atoms with Gasteiger partial charge in [0.2, 0.25) is 0 Å². The van der Waals surface area contributed by atoms with Gasteiger partial charge in [0.25, 0.3) is 0 Å². The molecule has 1 aromatic rings. The van der Waals surface area contributed by atoms with Crippen LogP contribution in [0.25, 0.3) is 0 Å². The smallest absolute Gasteiger partial charge is 0.194 e. The Labute approximate surface area is 180 Å². The molecule has 7 heteroatoms. The monoisotopic (exact) mass is 492 g/mol. The van der Waals surface area contributed by atoms with Crippen LogP contribution in [0.15, 0.2) is 29.3 Å². The summed E-state index contributed by atoms with van der Waals surface area (Å²) in [6.07, 6.45) is 0.218. The van der Waals surface area contributed by atoms with Crippen LogP contribution in [0.3, 0.4) is 0 Å². The predicted molar refractivity (Wildman–Crippen MR) is 120 cm³/mol. The number of guanidine groups is 1. The number of halogens is 2. The number of nitrogens with zero attached hydrogens (tertiary/aromatic N) is 3. The summed E-state index contributed by atoms with van der Waals surface area (Å²) in [4.78, 5) is 9.28. The van der Waals surface area contributed by atoms with Crippen molar-refractivity contribution in [1.29, 1.82) is 0 Å². The molecule has 5 nitrogen and oxygen atoms in total. The summed E-state index contributed by atoms with van der Waals surface area (Å²) in [5, 5.41) is 13.6. The molecule has 0 spiro atoms. The standard InChI is InChI=1S/C20H33FN4O.HI/c1-4-22-20(23-13-19(26)17-9-7-8-10-18(17)21)25-12-11-16(15-25)14-24(5-2)6-3;/h7-10,16,19,26H,4-6,11-15H2,1-3H3,(H,22,23);1H. The van der Waals surface area contributed by atoms with E-state index in [0.29, 0.717) is 11.5 Å². The quantitative estimate of drug-likeness (QED) is 0.333. The molecule has 0 saturated carbocycles. The lowest BCUT2D eigenvalue weighted by molar-refractivity contribution is 0.181. The topological polar surface area (TPSA) is 51.1 Å². The molecule has 1 aromatic carbocycles. The molecule has 1 fully saturated rings. The molecule has 1 aliphatic heterocycles. The molecule has 0 radical (unpaired) electrons. The van der Waals surface area contributed by atoms with Gasteiger partial charge in [-0.3, -0.25) is 4.99 Å². The second kappa shape index (κ2) is 12.5. The fourth-order valence-electron chi connectivity index (χ4n) is 3.46. The van der Waals surface area contributed by atoms with Crippen LogP contribution in [0.2, 0.25) is 0 Å². The van der Waals surface area contributed by atoms with Crippen molar-refractivity contribution in [1.82, 2.24) is 15.1 Å². The Bertz CT molecular complexity index is 583. The van der Waals surface area contributed by atoms with Crippen molar-refractivity contribution in [3.8, 4) is 0 Å². The number of benzene rings is 1. The van der Waals surface area contributed by atoms with E-state index in [1.54, 1.807) is 18.2 Å². The SMILES string of the molecule is CCNC(=NCC(O)c1ccccc1F)N1CCC(CN(CC)CC)C1.I. The molecular formula is C20H34FIN4O. The van der Waals surface area contributed by atoms with E-state index in [4.69, 9.17) is 0 Å². The molecule has 0 aliphatic carbocycles. The van der Waals surface area contributed by atoms with Crippen LogP contribution in [0.5, 0.6) is 0 Å². The maximum atomic E-state index is 13.8. The summed E-state index contributed by atoms with van der Waals surface area (Å²) in [7, 11) is 0. The van der Waals surface area contributed by atoms with Crippen molar-refractivity contribution in [2.24, 2.45) is 10.9 Å². The molecule has 27 heavy (non-hydrogen) atoms. The van der Waals surface area contributed by atoms with E-state index >= 15 is 0 Å². The largest absolute Gasteiger partial charge is 0.386 e. The van der Waals surface area contributed by atoms with E-state index in [1.807, 2.05) is 6.92 Å². The lowest BCUT2D eigenvalue weighted by Gasteiger charge is -2.24. The van der Waals surface area contributed by atoms with Gasteiger partial charge in [-0.1, -0.05) is 32.0 Å². The Morgan fingerprint density at radius 3 is 2.67 bits per heavy atom. The van der Waals surface area contributed by atoms with Gasteiger partial charge in [0, 0.05) is 31.7 Å². The fraction of sp³-hybridized carbons (Fsp3) is 0.650. The van der Waals surface area contributed by atoms with Crippen LogP contribution in [0, 0.1) is 11.7 Å². The van der Waals surface area contributed by atoms with Crippen LogP contribution in [0.1, 0.15) is 38.9 Å². The van der Waals surface area contributed by atoms with Gasteiger partial charge >= 0.3 is 0 Å². The van der Waals surface area contributed by atoms with Gasteiger partial charge in [0.05, 0.1) is 6.54 Å². The average Bonchev–Trinajstić information content (AvgIpc) is 3.11. The Hall–Kier alpha value is -0.930. The van der Waals surface area contributed by atoms with Crippen molar-refractivity contribution >= 4 is 29.9 Å². The molecule has 2 rings (SSSR count). The minimum Gasteiger partial charge on any atom is -0.386 e. The Morgan fingerprint density at radius 1 is 1.33 bits per heavy atom. The number of hydrogen-bond acceptors (Lipinski definition) is 3. The number of nitrogens with one attached hydrogen (secondary N) is 1. The number of rotatable bonds is 8. The van der Waals surface area contributed by atoms with Gasteiger partial charge in [-0.2, -0.15) is 0 Å². The summed E-state index contributed by atoms with van der Waals surface area (Å²) in [6, 6.07) is 6.33. The minimum atomic E-state index is -0.932. The average molecular weight is 492 g/mol. The highest BCUT2D eigenvalue weighted by molar-refractivity contribution is 14.0. The molecule has 1 saturated heterocycles. The van der Waals surface area contributed by atoms with Gasteiger partial charge in [-0.15, -0.1) is 24.0 Å². The second-order valence-electron chi connectivity index (χ2n) is 6.82. The Morgan fingerprint density at radius 2 is 2.04 bits per heavy atom. The van der Waals surface area contributed by atoms with Crippen LogP contribution in [-0.2, 0) is 0 Å². The Kier molecular flexibility index (Phi) is 11.2. The van der Waals surface area contributed by atoms with Gasteiger partial charge in [-0.25, -0.2) is 4.39 Å². The normalized spacial score (nSPS) is 18.5. The zero-order chi connectivity index (χ0) is 18.9. The minimum absolute atomic E-state index is 0. The number of aliphatic hydroxyl groups is 1. The molecule has 2 atom stereocenters. The van der Waals surface area contributed by atoms with Crippen molar-refractivity contribution < 1.29 is 9.50 Å². The number of hydrogen-bond donors (Lipinski definition) is 2. The first kappa shape index (κ1) is 24.1. The maximum absolute atomic E-state index is 13.8. The van der Waals surface area contributed by atoms with Crippen molar-refractivity contribution in [2.45, 2.75) is 33.3 Å². The van der Waals surface area contributed by atoms with Crippen molar-refractivity contribution in [3.05, 3.63) is 35.6 Å². The third-order valence-electron chi connectivity index (χ3n) is 5.01. The highest BCUT2D eigenvalue weighted by Crippen LogP contribution is 2.19. The lowest BCUT2D eigenvalue weighted by Crippen LogP contribution is -2.41. The van der Waals surface area contributed by atoms with Crippen molar-refractivity contribution in [3.63, 3.8) is 0 Å². The third-order valence-corrected chi connectivity index (χ3v) is 5.01. The predicted octanol–water partition coefficient (Wildman–Crippen LogP) is 3.11. The highest BCUT2D eigenvalue weighted by Gasteiger charge is 2.26. The van der Waals surface area contributed by atoms with Gasteiger partial charge < -0.3 is 20.2 Å². The number of likely N-dealkylation sites (tertiary alicyclic amines) is 1. The van der Waals surface area contributed by atoms with Gasteiger partial charge in [0.15, 0.2) is 5.96 Å². The zero-order valence-electron chi connectivity index (χ0n) is 16.7. The summed E-state index contributed by atoms with van der Waals surface area (Å²) >= 11 is 0. The summed E-state index contributed by atoms with van der Waals surface area (Å²) in [6.45, 7) is 12.6. The first-order chi connectivity index (χ1) is 12.6. The third kappa shape index (κ3) is 7.19. The number of aliphatic imine (C=N–C) groups is 1. The van der Waals surface area contributed by atoms with Gasteiger partial charge in [0.1, 0.15) is 11.9 Å². The molecule has 0 bridgehead atoms. The molecule has 0 aromatic heterocycles. The summed E-state index contributed by atoms with van der Waals surface area (Å²) in [5.41, 5.74) is 0.299. The molecule has 0 amide bonds. The van der Waals surface area contributed by atoms with E-state index in [9.17, 15) is 9.50 Å². The second-order valence-corrected chi connectivity index (χ2v) is 6.82. The zero-order valence-corrected chi connectivity index (χ0v) is 19.0. The summed E-state index contributed by atoms with van der Waals surface area (Å²) < 4.78 is 13.8. The molecule has 154 valence electrons. The van der Waals surface area contributed by atoms with E-state index in [2.05, 4.69) is 34.0 Å².